The minimum absolute atomic E-state index is 0.0346. The molecule has 2 N–H and O–H groups in total. The number of amides is 1. The molecule has 0 bridgehead atoms. The van der Waals surface area contributed by atoms with E-state index in [1.165, 1.54) is 10.4 Å². The molecular formula is C24H32FN3O3S. The van der Waals surface area contributed by atoms with E-state index in [1.54, 1.807) is 6.07 Å². The number of nitrogens with two attached hydrogens (primary N) is 1. The van der Waals surface area contributed by atoms with Crippen LogP contribution in [0.15, 0.2) is 42.0 Å². The fraction of sp³-hybridized carbons (Fsp3) is 0.542. The highest BCUT2D eigenvalue weighted by Crippen LogP contribution is 2.34. The molecule has 8 heteroatoms. The lowest BCUT2D eigenvalue weighted by atomic mass is 9.96. The second-order valence-corrected chi connectivity index (χ2v) is 11.2. The second-order valence-electron chi connectivity index (χ2n) is 9.13. The number of piperidine rings is 1. The molecule has 2 fully saturated rings. The Hall–Kier alpha value is -2.19. The number of primary amides is 1. The summed E-state index contributed by atoms with van der Waals surface area (Å²) in [5.41, 5.74) is 7.39. The van der Waals surface area contributed by atoms with Gasteiger partial charge < -0.3 is 10.6 Å². The number of anilines is 1. The third-order valence-corrected chi connectivity index (χ3v) is 9.42. The fourth-order valence-corrected chi connectivity index (χ4v) is 7.21. The largest absolute Gasteiger partial charge is 0.371 e. The first-order valence-corrected chi connectivity index (χ1v) is 13.0. The molecule has 2 heterocycles. The second kappa shape index (κ2) is 9.35. The van der Waals surface area contributed by atoms with Crippen LogP contribution in [0.1, 0.15) is 51.0 Å². The summed E-state index contributed by atoms with van der Waals surface area (Å²) in [7, 11) is -3.58. The average Bonchev–Trinajstić information content (AvgIpc) is 2.78. The maximum atomic E-state index is 15.1. The van der Waals surface area contributed by atoms with Gasteiger partial charge in [0.2, 0.25) is 15.9 Å². The number of carbonyl (C=O) groups excluding carboxylic acids is 1. The Labute approximate surface area is 190 Å². The van der Waals surface area contributed by atoms with E-state index < -0.39 is 21.1 Å². The number of sulfonamides is 1. The number of rotatable bonds is 5. The van der Waals surface area contributed by atoms with E-state index in [2.05, 4.69) is 0 Å². The molecular weight excluding hydrogens is 429 g/mol. The molecule has 32 heavy (non-hydrogen) atoms. The van der Waals surface area contributed by atoms with Gasteiger partial charge in [-0.3, -0.25) is 4.79 Å². The Morgan fingerprint density at radius 1 is 1.16 bits per heavy atom. The summed E-state index contributed by atoms with van der Waals surface area (Å²) < 4.78 is 43.4. The molecule has 2 saturated heterocycles. The van der Waals surface area contributed by atoms with E-state index in [0.717, 1.165) is 30.5 Å². The summed E-state index contributed by atoms with van der Waals surface area (Å²) in [5, 5.41) is -0.552. The van der Waals surface area contributed by atoms with Gasteiger partial charge in [-0.1, -0.05) is 24.3 Å². The van der Waals surface area contributed by atoms with Crippen LogP contribution in [-0.2, 0) is 21.4 Å². The van der Waals surface area contributed by atoms with Crippen LogP contribution in [0.4, 0.5) is 10.1 Å². The summed E-state index contributed by atoms with van der Waals surface area (Å²) in [6.07, 6.45) is 10.4. The topological polar surface area (TPSA) is 83.7 Å². The zero-order valence-corrected chi connectivity index (χ0v) is 19.4. The lowest BCUT2D eigenvalue weighted by molar-refractivity contribution is -0.122. The van der Waals surface area contributed by atoms with Crippen LogP contribution in [0.25, 0.3) is 0 Å². The van der Waals surface area contributed by atoms with Crippen LogP contribution in [0.2, 0.25) is 0 Å². The minimum Gasteiger partial charge on any atom is -0.371 e. The Balaban J connectivity index is 1.50. The molecule has 4 rings (SSSR count). The standard InChI is InChI=1S/C24H32FN3O3S/c1-17-7-10-23(18-5-3-2-4-6-18)32(30,31)28(17)16-20-8-9-21(15-22(20)25)27-13-11-19(12-14-27)24(26)29/h3,5-6,8-9,15,17,19,23H,2,4,7,10-14,16H2,1H3,(H2,26,29)/t17-,23?/m0/s1. The van der Waals surface area contributed by atoms with Crippen molar-refractivity contribution in [3.05, 3.63) is 53.4 Å². The van der Waals surface area contributed by atoms with Crippen LogP contribution in [0.5, 0.6) is 0 Å². The SMILES string of the molecule is C[C@H]1CCC(C2=CCCC=C2)S(=O)(=O)N1Cc1ccc(N2CCC(C(N)=O)CC2)cc1F. The van der Waals surface area contributed by atoms with Crippen LogP contribution in [-0.4, -0.2) is 43.0 Å². The Morgan fingerprint density at radius 3 is 2.53 bits per heavy atom. The molecule has 1 aromatic carbocycles. The number of allylic oxidation sites excluding steroid dienone is 3. The smallest absolute Gasteiger partial charge is 0.221 e. The Bertz CT molecular complexity index is 1030. The van der Waals surface area contributed by atoms with Gasteiger partial charge in [0, 0.05) is 42.8 Å². The van der Waals surface area contributed by atoms with E-state index in [4.69, 9.17) is 5.73 Å². The van der Waals surface area contributed by atoms with E-state index in [9.17, 15) is 13.2 Å². The summed E-state index contributed by atoms with van der Waals surface area (Å²) in [6, 6.07) is 4.84. The van der Waals surface area contributed by atoms with Crippen molar-refractivity contribution in [3.8, 4) is 0 Å². The minimum atomic E-state index is -3.58. The molecule has 1 amide bonds. The number of carbonyl (C=O) groups is 1. The lowest BCUT2D eigenvalue weighted by Gasteiger charge is -2.38. The van der Waals surface area contributed by atoms with Crippen molar-refractivity contribution >= 4 is 21.6 Å². The highest BCUT2D eigenvalue weighted by Gasteiger charge is 2.41. The molecule has 1 aromatic rings. The number of nitrogens with zero attached hydrogens (tertiary/aromatic N) is 2. The Kier molecular flexibility index (Phi) is 6.72. The predicted molar refractivity (Wildman–Crippen MR) is 124 cm³/mol. The first-order chi connectivity index (χ1) is 15.3. The molecule has 0 spiro atoms. The van der Waals surface area contributed by atoms with E-state index in [1.807, 2.05) is 36.1 Å². The maximum absolute atomic E-state index is 15.1. The van der Waals surface area contributed by atoms with Gasteiger partial charge in [-0.05, 0) is 63.2 Å². The number of hydrogen-bond donors (Lipinski definition) is 1. The van der Waals surface area contributed by atoms with Gasteiger partial charge >= 0.3 is 0 Å². The zero-order valence-electron chi connectivity index (χ0n) is 18.5. The fourth-order valence-electron chi connectivity index (χ4n) is 5.01. The maximum Gasteiger partial charge on any atom is 0.221 e. The van der Waals surface area contributed by atoms with Crippen molar-refractivity contribution in [2.75, 3.05) is 18.0 Å². The van der Waals surface area contributed by atoms with Gasteiger partial charge in [0.25, 0.3) is 0 Å². The normalized spacial score (nSPS) is 26.7. The van der Waals surface area contributed by atoms with Gasteiger partial charge in [0.05, 0.1) is 0 Å². The van der Waals surface area contributed by atoms with Gasteiger partial charge in [-0.15, -0.1) is 0 Å². The average molecular weight is 462 g/mol. The monoisotopic (exact) mass is 461 g/mol. The molecule has 1 unspecified atom stereocenters. The van der Waals surface area contributed by atoms with Gasteiger partial charge in [0.15, 0.2) is 0 Å². The van der Waals surface area contributed by atoms with Crippen LogP contribution >= 0.6 is 0 Å². The molecule has 0 radical (unpaired) electrons. The van der Waals surface area contributed by atoms with Gasteiger partial charge in [-0.25, -0.2) is 12.8 Å². The summed E-state index contributed by atoms with van der Waals surface area (Å²) >= 11 is 0. The van der Waals surface area contributed by atoms with E-state index >= 15 is 4.39 Å². The molecule has 6 nitrogen and oxygen atoms in total. The van der Waals surface area contributed by atoms with E-state index in [0.29, 0.717) is 37.9 Å². The van der Waals surface area contributed by atoms with Gasteiger partial charge in [-0.2, -0.15) is 4.31 Å². The van der Waals surface area contributed by atoms with Crippen molar-refractivity contribution in [1.82, 2.24) is 4.31 Å². The molecule has 1 aliphatic carbocycles. The molecule has 0 aromatic heterocycles. The zero-order chi connectivity index (χ0) is 22.9. The summed E-state index contributed by atoms with van der Waals surface area (Å²) in [5.74, 6) is -0.801. The molecule has 3 aliphatic rings. The lowest BCUT2D eigenvalue weighted by Crippen LogP contribution is -2.48. The van der Waals surface area contributed by atoms with Crippen LogP contribution in [0, 0.1) is 11.7 Å². The van der Waals surface area contributed by atoms with Crippen molar-refractivity contribution in [2.45, 2.75) is 63.3 Å². The molecule has 2 atom stereocenters. The quantitative estimate of drug-likeness (QED) is 0.728. The van der Waals surface area contributed by atoms with Crippen molar-refractivity contribution in [3.63, 3.8) is 0 Å². The van der Waals surface area contributed by atoms with Crippen molar-refractivity contribution in [1.29, 1.82) is 0 Å². The predicted octanol–water partition coefficient (Wildman–Crippen LogP) is 3.49. The number of halogens is 1. The first-order valence-electron chi connectivity index (χ1n) is 11.5. The highest BCUT2D eigenvalue weighted by molar-refractivity contribution is 7.90. The third-order valence-electron chi connectivity index (χ3n) is 7.05. The Morgan fingerprint density at radius 2 is 1.91 bits per heavy atom. The molecule has 2 aliphatic heterocycles. The number of hydrogen-bond acceptors (Lipinski definition) is 4. The van der Waals surface area contributed by atoms with E-state index in [-0.39, 0.29) is 24.4 Å². The van der Waals surface area contributed by atoms with Crippen molar-refractivity contribution in [2.24, 2.45) is 11.7 Å². The highest BCUT2D eigenvalue weighted by atomic mass is 32.2. The van der Waals surface area contributed by atoms with Crippen LogP contribution in [0.3, 0.4) is 0 Å². The number of benzene rings is 1. The van der Waals surface area contributed by atoms with Crippen molar-refractivity contribution < 1.29 is 17.6 Å². The van der Waals surface area contributed by atoms with Crippen LogP contribution < -0.4 is 10.6 Å². The molecule has 174 valence electrons. The summed E-state index contributed by atoms with van der Waals surface area (Å²) in [4.78, 5) is 13.4. The van der Waals surface area contributed by atoms with Gasteiger partial charge in [0.1, 0.15) is 11.1 Å². The third kappa shape index (κ3) is 4.62. The molecule has 0 saturated carbocycles. The first kappa shape index (κ1) is 23.0. The summed E-state index contributed by atoms with van der Waals surface area (Å²) in [6.45, 7) is 3.23.